The minimum Gasteiger partial charge on any atom is -0.258 e. The van der Waals surface area contributed by atoms with E-state index >= 15 is 0 Å². The van der Waals surface area contributed by atoms with E-state index in [4.69, 9.17) is 11.6 Å². The molecular formula is C11H10ClNO2. The smallest absolute Gasteiger partial charge is 0.258 e. The van der Waals surface area contributed by atoms with Gasteiger partial charge in [-0.2, -0.15) is 0 Å². The molecule has 0 fully saturated rings. The van der Waals surface area contributed by atoms with Crippen molar-refractivity contribution < 1.29 is 4.92 Å². The van der Waals surface area contributed by atoms with Crippen molar-refractivity contribution in [1.82, 2.24) is 0 Å². The van der Waals surface area contributed by atoms with Crippen LogP contribution >= 0.6 is 11.6 Å². The van der Waals surface area contributed by atoms with Crippen molar-refractivity contribution in [2.24, 2.45) is 0 Å². The number of nitro groups is 1. The quantitative estimate of drug-likeness (QED) is 0.260. The molecule has 0 unspecified atom stereocenters. The summed E-state index contributed by atoms with van der Waals surface area (Å²) in [6.07, 6.45) is 1.61. The Bertz CT molecular complexity index is 389. The molecule has 0 aliphatic heterocycles. The van der Waals surface area contributed by atoms with Crippen LogP contribution in [0.15, 0.2) is 24.3 Å². The number of hydrogen-bond acceptors (Lipinski definition) is 2. The van der Waals surface area contributed by atoms with Crippen LogP contribution in [-0.2, 0) is 0 Å². The molecule has 0 N–H and O–H groups in total. The largest absolute Gasteiger partial charge is 0.269 e. The number of benzene rings is 1. The molecule has 1 aromatic carbocycles. The molecule has 0 aliphatic carbocycles. The number of nitrogens with zero attached hydrogens (tertiary/aromatic N) is 1. The van der Waals surface area contributed by atoms with Crippen molar-refractivity contribution in [3.8, 4) is 11.8 Å². The molecule has 4 heteroatoms. The third kappa shape index (κ3) is 4.01. The van der Waals surface area contributed by atoms with Crippen LogP contribution in [0.1, 0.15) is 18.4 Å². The van der Waals surface area contributed by atoms with Gasteiger partial charge >= 0.3 is 0 Å². The lowest BCUT2D eigenvalue weighted by Crippen LogP contribution is -1.86. The molecule has 0 saturated heterocycles. The van der Waals surface area contributed by atoms with Gasteiger partial charge in [0.1, 0.15) is 0 Å². The highest BCUT2D eigenvalue weighted by molar-refractivity contribution is 6.17. The lowest BCUT2D eigenvalue weighted by atomic mass is 10.2. The average molecular weight is 224 g/mol. The zero-order chi connectivity index (χ0) is 11.1. The summed E-state index contributed by atoms with van der Waals surface area (Å²) in [5, 5.41) is 10.4. The number of halogens is 1. The van der Waals surface area contributed by atoms with Gasteiger partial charge in [0.15, 0.2) is 0 Å². The molecule has 0 radical (unpaired) electrons. The van der Waals surface area contributed by atoms with E-state index in [9.17, 15) is 10.1 Å². The van der Waals surface area contributed by atoms with Gasteiger partial charge in [-0.3, -0.25) is 10.1 Å². The van der Waals surface area contributed by atoms with Gasteiger partial charge in [0.05, 0.1) is 4.92 Å². The van der Waals surface area contributed by atoms with Gasteiger partial charge in [0.25, 0.3) is 5.69 Å². The summed E-state index contributed by atoms with van der Waals surface area (Å²) in [5.74, 6) is 6.47. The topological polar surface area (TPSA) is 43.1 Å². The second kappa shape index (κ2) is 6.05. The van der Waals surface area contributed by atoms with E-state index in [0.29, 0.717) is 5.88 Å². The highest BCUT2D eigenvalue weighted by Gasteiger charge is 2.01. The van der Waals surface area contributed by atoms with Gasteiger partial charge in [0.2, 0.25) is 0 Å². The first-order valence-electron chi connectivity index (χ1n) is 4.53. The summed E-state index contributed by atoms with van der Waals surface area (Å²) in [5.41, 5.74) is 0.872. The summed E-state index contributed by atoms with van der Waals surface area (Å²) < 4.78 is 0. The van der Waals surface area contributed by atoms with E-state index < -0.39 is 4.92 Å². The van der Waals surface area contributed by atoms with Crippen LogP contribution < -0.4 is 0 Å². The number of hydrogen-bond donors (Lipinski definition) is 0. The predicted molar refractivity (Wildman–Crippen MR) is 59.9 cm³/mol. The van der Waals surface area contributed by atoms with Crippen LogP contribution in [0.3, 0.4) is 0 Å². The Morgan fingerprint density at radius 1 is 1.33 bits per heavy atom. The Morgan fingerprint density at radius 3 is 2.53 bits per heavy atom. The van der Waals surface area contributed by atoms with Gasteiger partial charge in [0, 0.05) is 30.0 Å². The Morgan fingerprint density at radius 2 is 2.00 bits per heavy atom. The van der Waals surface area contributed by atoms with Crippen LogP contribution in [0.25, 0.3) is 0 Å². The van der Waals surface area contributed by atoms with Crippen LogP contribution in [-0.4, -0.2) is 10.8 Å². The van der Waals surface area contributed by atoms with Crippen molar-refractivity contribution in [3.63, 3.8) is 0 Å². The Labute approximate surface area is 93.2 Å². The number of nitro benzene ring substituents is 1. The Kier molecular flexibility index (Phi) is 4.65. The average Bonchev–Trinajstić information content (AvgIpc) is 2.25. The zero-order valence-electron chi connectivity index (χ0n) is 8.07. The van der Waals surface area contributed by atoms with Gasteiger partial charge in [-0.25, -0.2) is 0 Å². The van der Waals surface area contributed by atoms with Crippen molar-refractivity contribution in [1.29, 1.82) is 0 Å². The summed E-state index contributed by atoms with van der Waals surface area (Å²) in [6.45, 7) is 0. The van der Waals surface area contributed by atoms with Crippen LogP contribution in [0.2, 0.25) is 0 Å². The maximum atomic E-state index is 10.4. The molecule has 15 heavy (non-hydrogen) atoms. The zero-order valence-corrected chi connectivity index (χ0v) is 8.83. The van der Waals surface area contributed by atoms with E-state index in [0.717, 1.165) is 18.4 Å². The lowest BCUT2D eigenvalue weighted by Gasteiger charge is -1.91. The summed E-state index contributed by atoms with van der Waals surface area (Å²) in [4.78, 5) is 9.94. The number of alkyl halides is 1. The standard InChI is InChI=1S/C11H10ClNO2/c12-9-3-1-2-4-10-5-7-11(8-6-10)13(14)15/h5-8H,1,3,9H2. The highest BCUT2D eigenvalue weighted by atomic mass is 35.5. The van der Waals surface area contributed by atoms with Gasteiger partial charge < -0.3 is 0 Å². The Hall–Kier alpha value is -1.53. The fourth-order valence-electron chi connectivity index (χ4n) is 0.986. The molecule has 0 saturated carbocycles. The molecule has 0 spiro atoms. The predicted octanol–water partition coefficient (Wildman–Crippen LogP) is 2.97. The molecule has 0 heterocycles. The van der Waals surface area contributed by atoms with Gasteiger partial charge in [-0.15, -0.1) is 11.6 Å². The van der Waals surface area contributed by atoms with E-state index in [1.807, 2.05) is 0 Å². The van der Waals surface area contributed by atoms with E-state index in [-0.39, 0.29) is 5.69 Å². The number of rotatable bonds is 3. The van der Waals surface area contributed by atoms with Crippen LogP contribution in [0.4, 0.5) is 5.69 Å². The van der Waals surface area contributed by atoms with Crippen molar-refractivity contribution >= 4 is 17.3 Å². The molecule has 0 amide bonds. The molecule has 0 atom stereocenters. The lowest BCUT2D eigenvalue weighted by molar-refractivity contribution is -0.384. The molecule has 0 bridgehead atoms. The van der Waals surface area contributed by atoms with Crippen molar-refractivity contribution in [3.05, 3.63) is 39.9 Å². The fraction of sp³-hybridized carbons (Fsp3) is 0.273. The second-order valence-corrected chi connectivity index (χ2v) is 3.28. The van der Waals surface area contributed by atoms with Gasteiger partial charge in [-0.1, -0.05) is 11.8 Å². The molecule has 3 nitrogen and oxygen atoms in total. The maximum Gasteiger partial charge on any atom is 0.269 e. The molecule has 1 aromatic rings. The monoisotopic (exact) mass is 223 g/mol. The second-order valence-electron chi connectivity index (χ2n) is 2.90. The SMILES string of the molecule is O=[N+]([O-])c1ccc(C#CCCCCl)cc1. The van der Waals surface area contributed by atoms with Crippen LogP contribution in [0, 0.1) is 22.0 Å². The summed E-state index contributed by atoms with van der Waals surface area (Å²) in [6, 6.07) is 6.19. The minimum absolute atomic E-state index is 0.0845. The van der Waals surface area contributed by atoms with E-state index in [1.54, 1.807) is 12.1 Å². The summed E-state index contributed by atoms with van der Waals surface area (Å²) >= 11 is 5.50. The third-order valence-corrected chi connectivity index (χ3v) is 2.01. The first-order valence-corrected chi connectivity index (χ1v) is 5.07. The minimum atomic E-state index is -0.426. The fourth-order valence-corrected chi connectivity index (χ4v) is 1.12. The third-order valence-electron chi connectivity index (χ3n) is 1.75. The van der Waals surface area contributed by atoms with E-state index in [2.05, 4.69) is 11.8 Å². The molecule has 1 rings (SSSR count). The van der Waals surface area contributed by atoms with Crippen molar-refractivity contribution in [2.75, 3.05) is 5.88 Å². The number of unbranched alkanes of at least 4 members (excludes halogenated alkanes) is 1. The molecule has 0 aliphatic rings. The Balaban J connectivity index is 2.63. The molecular weight excluding hydrogens is 214 g/mol. The maximum absolute atomic E-state index is 10.4. The van der Waals surface area contributed by atoms with E-state index in [1.165, 1.54) is 12.1 Å². The number of non-ortho nitro benzene ring substituents is 1. The molecule has 0 aromatic heterocycles. The molecule has 78 valence electrons. The first kappa shape index (κ1) is 11.5. The van der Waals surface area contributed by atoms with Crippen molar-refractivity contribution in [2.45, 2.75) is 12.8 Å². The van der Waals surface area contributed by atoms with Crippen LogP contribution in [0.5, 0.6) is 0 Å². The highest BCUT2D eigenvalue weighted by Crippen LogP contribution is 2.10. The van der Waals surface area contributed by atoms with Gasteiger partial charge in [-0.05, 0) is 18.6 Å². The normalized spacial score (nSPS) is 9.13. The first-order chi connectivity index (χ1) is 7.24. The summed E-state index contributed by atoms with van der Waals surface area (Å²) in [7, 11) is 0.